The Morgan fingerprint density at radius 1 is 1.04 bits per heavy atom. The lowest BCUT2D eigenvalue weighted by Crippen LogP contribution is -2.60. The molecule has 1 heterocycles. The van der Waals surface area contributed by atoms with Gasteiger partial charge in [-0.05, 0) is 75.0 Å². The van der Waals surface area contributed by atoms with E-state index < -0.39 is 5.67 Å². The number of carbonyl (C=O) groups is 1. The molecule has 1 saturated heterocycles. The number of halogens is 1. The first-order chi connectivity index (χ1) is 11.0. The normalized spacial score (nSPS) is 54.1. The Bertz CT molecular complexity index is 542. The average Bonchev–Trinajstić information content (AvgIpc) is 2.81. The molecule has 5 aliphatic rings. The summed E-state index contributed by atoms with van der Waals surface area (Å²) in [6.07, 6.45) is 8.66. The van der Waals surface area contributed by atoms with Crippen LogP contribution in [0.15, 0.2) is 0 Å². The van der Waals surface area contributed by atoms with Crippen LogP contribution < -0.4 is 0 Å². The summed E-state index contributed by atoms with van der Waals surface area (Å²) in [6, 6.07) is 0. The van der Waals surface area contributed by atoms with Crippen LogP contribution in [0.5, 0.6) is 0 Å². The van der Waals surface area contributed by atoms with Crippen LogP contribution in [-0.2, 0) is 9.53 Å². The van der Waals surface area contributed by atoms with Crippen LogP contribution in [0.25, 0.3) is 0 Å². The van der Waals surface area contributed by atoms with E-state index in [-0.39, 0.29) is 17.3 Å². The first-order valence-electron chi connectivity index (χ1n) is 9.77. The van der Waals surface area contributed by atoms with E-state index in [1.807, 2.05) is 0 Å². The molecule has 1 aliphatic heterocycles. The zero-order valence-corrected chi connectivity index (χ0v) is 14.3. The van der Waals surface area contributed by atoms with Crippen LogP contribution in [0.4, 0.5) is 4.39 Å². The quantitative estimate of drug-likeness (QED) is 0.664. The molecule has 0 amide bonds. The monoisotopic (exact) mass is 320 g/mol. The standard InChI is InChI=1S/C20H29FO2/c1-18-7-6-16-14(15(18)4-5-17(18)22)3-2-13-10-19(11-23-12-19)8-9-20(13,16)21/h13-16H,2-12H2,1H3/t13-,14+,15?,16?,18+,20-/m1/s1. The van der Waals surface area contributed by atoms with Gasteiger partial charge in [-0.2, -0.15) is 0 Å². The summed E-state index contributed by atoms with van der Waals surface area (Å²) in [7, 11) is 0. The predicted molar refractivity (Wildman–Crippen MR) is 85.7 cm³/mol. The molecule has 2 nitrogen and oxygen atoms in total. The van der Waals surface area contributed by atoms with Crippen molar-refractivity contribution in [1.29, 1.82) is 0 Å². The number of ether oxygens (including phenoxy) is 1. The highest BCUT2D eigenvalue weighted by molar-refractivity contribution is 5.87. The van der Waals surface area contributed by atoms with Gasteiger partial charge in [-0.15, -0.1) is 0 Å². The molecule has 6 atom stereocenters. The van der Waals surface area contributed by atoms with Crippen LogP contribution in [0, 0.1) is 34.5 Å². The van der Waals surface area contributed by atoms with Crippen LogP contribution >= 0.6 is 0 Å². The molecule has 1 spiro atoms. The maximum absolute atomic E-state index is 16.2. The van der Waals surface area contributed by atoms with E-state index in [4.69, 9.17) is 4.74 Å². The highest BCUT2D eigenvalue weighted by atomic mass is 19.1. The summed E-state index contributed by atoms with van der Waals surface area (Å²) in [5, 5.41) is 0. The van der Waals surface area contributed by atoms with Gasteiger partial charge in [0.1, 0.15) is 11.5 Å². The molecule has 3 heteroatoms. The number of rotatable bonds is 0. The van der Waals surface area contributed by atoms with Gasteiger partial charge in [-0.25, -0.2) is 4.39 Å². The number of hydrogen-bond donors (Lipinski definition) is 0. The Morgan fingerprint density at radius 3 is 2.61 bits per heavy atom. The molecule has 0 N–H and O–H groups in total. The Labute approximate surface area is 138 Å². The van der Waals surface area contributed by atoms with Gasteiger partial charge in [0.2, 0.25) is 0 Å². The minimum atomic E-state index is -0.948. The van der Waals surface area contributed by atoms with E-state index >= 15 is 4.39 Å². The van der Waals surface area contributed by atoms with Crippen LogP contribution in [0.3, 0.4) is 0 Å². The van der Waals surface area contributed by atoms with Gasteiger partial charge in [0.15, 0.2) is 0 Å². The third kappa shape index (κ3) is 1.81. The molecule has 0 aromatic carbocycles. The number of ketones is 1. The molecule has 4 aliphatic carbocycles. The summed E-state index contributed by atoms with van der Waals surface area (Å²) in [5.41, 5.74) is -0.752. The summed E-state index contributed by atoms with van der Waals surface area (Å²) < 4.78 is 21.7. The summed E-state index contributed by atoms with van der Waals surface area (Å²) in [4.78, 5) is 12.4. The van der Waals surface area contributed by atoms with E-state index in [2.05, 4.69) is 6.92 Å². The van der Waals surface area contributed by atoms with E-state index in [0.29, 0.717) is 23.0 Å². The number of Topliss-reactive ketones (excluding diaryl/α,β-unsaturated/α-hetero) is 1. The van der Waals surface area contributed by atoms with Gasteiger partial charge >= 0.3 is 0 Å². The molecule has 5 rings (SSSR count). The topological polar surface area (TPSA) is 26.3 Å². The molecule has 2 unspecified atom stereocenters. The summed E-state index contributed by atoms with van der Waals surface area (Å²) in [6.45, 7) is 3.91. The summed E-state index contributed by atoms with van der Waals surface area (Å²) in [5.74, 6) is 1.87. The lowest BCUT2D eigenvalue weighted by Gasteiger charge is -2.60. The van der Waals surface area contributed by atoms with Crippen molar-refractivity contribution in [2.75, 3.05) is 13.2 Å². The molecule has 0 radical (unpaired) electrons. The number of hydrogen-bond acceptors (Lipinski definition) is 2. The number of alkyl halides is 1. The lowest BCUT2D eigenvalue weighted by molar-refractivity contribution is -0.201. The fourth-order valence-corrected chi connectivity index (χ4v) is 7.39. The molecule has 4 saturated carbocycles. The van der Waals surface area contributed by atoms with Crippen LogP contribution in [0.2, 0.25) is 0 Å². The van der Waals surface area contributed by atoms with Gasteiger partial charge in [0, 0.05) is 17.3 Å². The van der Waals surface area contributed by atoms with Crippen LogP contribution in [-0.4, -0.2) is 24.7 Å². The highest BCUT2D eigenvalue weighted by Gasteiger charge is 2.64. The number of carbonyl (C=O) groups excluding carboxylic acids is 1. The molecule has 0 aromatic heterocycles. The van der Waals surface area contributed by atoms with Crippen molar-refractivity contribution in [3.8, 4) is 0 Å². The van der Waals surface area contributed by atoms with E-state index in [0.717, 1.165) is 71.0 Å². The van der Waals surface area contributed by atoms with Gasteiger partial charge in [-0.1, -0.05) is 6.92 Å². The van der Waals surface area contributed by atoms with Gasteiger partial charge in [-0.3, -0.25) is 4.79 Å². The summed E-state index contributed by atoms with van der Waals surface area (Å²) >= 11 is 0. The van der Waals surface area contributed by atoms with Gasteiger partial charge in [0.05, 0.1) is 13.2 Å². The molecule has 23 heavy (non-hydrogen) atoms. The Morgan fingerprint density at radius 2 is 1.87 bits per heavy atom. The highest BCUT2D eigenvalue weighted by Crippen LogP contribution is 2.65. The first kappa shape index (κ1) is 14.9. The maximum Gasteiger partial charge on any atom is 0.139 e. The second kappa shape index (κ2) is 4.59. The lowest BCUT2D eigenvalue weighted by atomic mass is 9.47. The van der Waals surface area contributed by atoms with Crippen molar-refractivity contribution in [1.82, 2.24) is 0 Å². The van der Waals surface area contributed by atoms with Gasteiger partial charge in [0.25, 0.3) is 0 Å². The minimum Gasteiger partial charge on any atom is -0.380 e. The van der Waals surface area contributed by atoms with E-state index in [9.17, 15) is 4.79 Å². The largest absolute Gasteiger partial charge is 0.380 e. The molecule has 0 bridgehead atoms. The SMILES string of the molecule is C[C@]12CCC3[C@@H](CC[C@@H]4CC5(CC[C@]34F)COC5)C1CCC2=O. The molecular weight excluding hydrogens is 291 g/mol. The predicted octanol–water partition coefficient (Wildman–Crippen LogP) is 4.32. The van der Waals surface area contributed by atoms with Crippen molar-refractivity contribution >= 4 is 5.78 Å². The van der Waals surface area contributed by atoms with Crippen molar-refractivity contribution in [3.63, 3.8) is 0 Å². The second-order valence-corrected chi connectivity index (χ2v) is 9.69. The Balaban J connectivity index is 1.43. The van der Waals surface area contributed by atoms with Gasteiger partial charge < -0.3 is 4.74 Å². The Hall–Kier alpha value is -0.440. The molecular formula is C20H29FO2. The minimum absolute atomic E-state index is 0.123. The van der Waals surface area contributed by atoms with Crippen molar-refractivity contribution < 1.29 is 13.9 Å². The van der Waals surface area contributed by atoms with Crippen molar-refractivity contribution in [2.24, 2.45) is 34.5 Å². The first-order valence-corrected chi connectivity index (χ1v) is 9.77. The number of fused-ring (bicyclic) bond motifs is 5. The second-order valence-electron chi connectivity index (χ2n) is 9.69. The fraction of sp³-hybridized carbons (Fsp3) is 0.950. The zero-order valence-electron chi connectivity index (χ0n) is 14.3. The smallest absolute Gasteiger partial charge is 0.139 e. The molecule has 0 aromatic rings. The average molecular weight is 320 g/mol. The Kier molecular flexibility index (Phi) is 2.97. The maximum atomic E-state index is 16.2. The third-order valence-electron chi connectivity index (χ3n) is 8.82. The van der Waals surface area contributed by atoms with Crippen LogP contribution in [0.1, 0.15) is 64.7 Å². The molecule has 5 fully saturated rings. The zero-order chi connectivity index (χ0) is 15.9. The fourth-order valence-electron chi connectivity index (χ4n) is 7.39. The van der Waals surface area contributed by atoms with E-state index in [1.165, 1.54) is 0 Å². The third-order valence-corrected chi connectivity index (χ3v) is 8.82. The van der Waals surface area contributed by atoms with Crippen molar-refractivity contribution in [2.45, 2.75) is 70.4 Å². The van der Waals surface area contributed by atoms with E-state index in [1.54, 1.807) is 0 Å². The molecule has 128 valence electrons. The van der Waals surface area contributed by atoms with Crippen molar-refractivity contribution in [3.05, 3.63) is 0 Å².